The molecule has 94 valence electrons. The van der Waals surface area contributed by atoms with Crippen molar-refractivity contribution in [2.24, 2.45) is 0 Å². The van der Waals surface area contributed by atoms with E-state index < -0.39 is 5.82 Å². The summed E-state index contributed by atoms with van der Waals surface area (Å²) in [4.78, 5) is 0. The van der Waals surface area contributed by atoms with Crippen LogP contribution in [0.15, 0.2) is 54.9 Å². The minimum atomic E-state index is -0.524. The molecule has 0 saturated heterocycles. The predicted octanol–water partition coefficient (Wildman–Crippen LogP) is 4.39. The third kappa shape index (κ3) is 3.05. The van der Waals surface area contributed by atoms with E-state index in [1.54, 1.807) is 12.1 Å². The number of hydrogen-bond donors (Lipinski definition) is 0. The van der Waals surface area contributed by atoms with Crippen molar-refractivity contribution in [3.8, 4) is 17.2 Å². The smallest absolute Gasteiger partial charge is 0.141 e. The summed E-state index contributed by atoms with van der Waals surface area (Å²) in [7, 11) is 0. The fourth-order valence-corrected chi connectivity index (χ4v) is 1.80. The maximum absolute atomic E-state index is 13.5. The standard InChI is InChI=1S/C16H11F2N/c17-9-1-2-12-3-5-13(6-4-12)14-7-8-15(11-19)16(18)10-14/h1,3-10H,2H2. The molecule has 2 aromatic carbocycles. The van der Waals surface area contributed by atoms with E-state index in [-0.39, 0.29) is 5.56 Å². The van der Waals surface area contributed by atoms with Crippen LogP contribution in [0, 0.1) is 17.1 Å². The average Bonchev–Trinajstić information content (AvgIpc) is 2.45. The topological polar surface area (TPSA) is 23.8 Å². The number of rotatable bonds is 3. The van der Waals surface area contributed by atoms with E-state index >= 15 is 0 Å². The first-order chi connectivity index (χ1) is 9.24. The van der Waals surface area contributed by atoms with Gasteiger partial charge in [0.15, 0.2) is 0 Å². The molecule has 0 radical (unpaired) electrons. The Morgan fingerprint density at radius 1 is 1.05 bits per heavy atom. The molecule has 0 saturated carbocycles. The van der Waals surface area contributed by atoms with Crippen LogP contribution in [0.4, 0.5) is 8.78 Å². The Labute approximate surface area is 110 Å². The zero-order chi connectivity index (χ0) is 13.7. The van der Waals surface area contributed by atoms with Gasteiger partial charge in [0.25, 0.3) is 0 Å². The fraction of sp³-hybridized carbons (Fsp3) is 0.0625. The Bertz CT molecular complexity index is 637. The summed E-state index contributed by atoms with van der Waals surface area (Å²) in [6, 6.07) is 13.7. The highest BCUT2D eigenvalue weighted by molar-refractivity contribution is 5.64. The van der Waals surface area contributed by atoms with Crippen molar-refractivity contribution in [2.75, 3.05) is 0 Å². The highest BCUT2D eigenvalue weighted by Gasteiger charge is 2.04. The zero-order valence-electron chi connectivity index (χ0n) is 10.1. The average molecular weight is 255 g/mol. The summed E-state index contributed by atoms with van der Waals surface area (Å²) in [5, 5.41) is 8.67. The monoisotopic (exact) mass is 255 g/mol. The van der Waals surface area contributed by atoms with Gasteiger partial charge in [0.05, 0.1) is 11.9 Å². The van der Waals surface area contributed by atoms with Gasteiger partial charge in [-0.1, -0.05) is 36.4 Å². The lowest BCUT2D eigenvalue weighted by Crippen LogP contribution is -1.86. The second-order valence-corrected chi connectivity index (χ2v) is 4.07. The predicted molar refractivity (Wildman–Crippen MR) is 70.5 cm³/mol. The van der Waals surface area contributed by atoms with Crippen molar-refractivity contribution in [3.63, 3.8) is 0 Å². The third-order valence-corrected chi connectivity index (χ3v) is 2.82. The SMILES string of the molecule is N#Cc1ccc(-c2ccc(CC=CF)cc2)cc1F. The molecule has 0 fully saturated rings. The molecule has 0 aliphatic rings. The summed E-state index contributed by atoms with van der Waals surface area (Å²) in [5.41, 5.74) is 2.58. The van der Waals surface area contributed by atoms with Crippen molar-refractivity contribution in [3.05, 3.63) is 71.8 Å². The van der Waals surface area contributed by atoms with Gasteiger partial charge in [-0.15, -0.1) is 0 Å². The second-order valence-electron chi connectivity index (χ2n) is 4.07. The van der Waals surface area contributed by atoms with Crippen LogP contribution in [0.25, 0.3) is 11.1 Å². The molecule has 2 rings (SSSR count). The largest absolute Gasteiger partial charge is 0.216 e. The van der Waals surface area contributed by atoms with Gasteiger partial charge in [0.2, 0.25) is 0 Å². The molecule has 0 amide bonds. The van der Waals surface area contributed by atoms with E-state index in [2.05, 4.69) is 0 Å². The molecule has 2 aromatic rings. The molecule has 0 atom stereocenters. The Kier molecular flexibility index (Phi) is 4.04. The van der Waals surface area contributed by atoms with E-state index in [0.717, 1.165) is 11.1 Å². The number of hydrogen-bond acceptors (Lipinski definition) is 1. The summed E-state index contributed by atoms with van der Waals surface area (Å²) in [5.74, 6) is -0.524. The lowest BCUT2D eigenvalue weighted by atomic mass is 10.0. The van der Waals surface area contributed by atoms with Gasteiger partial charge in [-0.3, -0.25) is 0 Å². The third-order valence-electron chi connectivity index (χ3n) is 2.82. The lowest BCUT2D eigenvalue weighted by Gasteiger charge is -2.04. The normalized spacial score (nSPS) is 10.6. The zero-order valence-corrected chi connectivity index (χ0v) is 10.1. The molecule has 0 aromatic heterocycles. The summed E-state index contributed by atoms with van der Waals surface area (Å²) < 4.78 is 25.4. The summed E-state index contributed by atoms with van der Waals surface area (Å²) in [6.07, 6.45) is 2.47. The molecule has 0 aliphatic heterocycles. The van der Waals surface area contributed by atoms with Crippen molar-refractivity contribution in [1.29, 1.82) is 5.26 Å². The second kappa shape index (κ2) is 5.92. The van der Waals surface area contributed by atoms with Crippen molar-refractivity contribution in [2.45, 2.75) is 6.42 Å². The molecule has 0 unspecified atom stereocenters. The first-order valence-corrected chi connectivity index (χ1v) is 5.79. The van der Waals surface area contributed by atoms with Crippen LogP contribution in [0.3, 0.4) is 0 Å². The minimum absolute atomic E-state index is 0.0356. The van der Waals surface area contributed by atoms with Crippen molar-refractivity contribution in [1.82, 2.24) is 0 Å². The number of halogens is 2. The van der Waals surface area contributed by atoms with Gasteiger partial charge < -0.3 is 0 Å². The van der Waals surface area contributed by atoms with E-state index in [9.17, 15) is 8.78 Å². The van der Waals surface area contributed by atoms with Crippen LogP contribution in [-0.4, -0.2) is 0 Å². The number of benzene rings is 2. The van der Waals surface area contributed by atoms with Gasteiger partial charge >= 0.3 is 0 Å². The number of nitriles is 1. The molecular weight excluding hydrogens is 244 g/mol. The Morgan fingerprint density at radius 2 is 1.74 bits per heavy atom. The number of allylic oxidation sites excluding steroid dienone is 1. The van der Waals surface area contributed by atoms with Crippen molar-refractivity contribution >= 4 is 0 Å². The van der Waals surface area contributed by atoms with E-state index in [4.69, 9.17) is 5.26 Å². The van der Waals surface area contributed by atoms with E-state index in [1.165, 1.54) is 18.2 Å². The molecule has 3 heteroatoms. The molecule has 0 spiro atoms. The number of nitrogens with zero attached hydrogens (tertiary/aromatic N) is 1. The Morgan fingerprint density at radius 3 is 2.32 bits per heavy atom. The van der Waals surface area contributed by atoms with Crippen LogP contribution >= 0.6 is 0 Å². The summed E-state index contributed by atoms with van der Waals surface area (Å²) in [6.45, 7) is 0. The molecule has 0 aliphatic carbocycles. The quantitative estimate of drug-likeness (QED) is 0.797. The van der Waals surface area contributed by atoms with E-state index in [0.29, 0.717) is 18.3 Å². The van der Waals surface area contributed by atoms with Gasteiger partial charge in [-0.05, 0) is 35.2 Å². The molecule has 1 nitrogen and oxygen atoms in total. The fourth-order valence-electron chi connectivity index (χ4n) is 1.80. The highest BCUT2D eigenvalue weighted by Crippen LogP contribution is 2.22. The van der Waals surface area contributed by atoms with Gasteiger partial charge in [0, 0.05) is 0 Å². The Balaban J connectivity index is 2.27. The van der Waals surface area contributed by atoms with Crippen LogP contribution in [0.5, 0.6) is 0 Å². The van der Waals surface area contributed by atoms with Gasteiger partial charge in [0.1, 0.15) is 11.9 Å². The van der Waals surface area contributed by atoms with Crippen LogP contribution in [0.1, 0.15) is 11.1 Å². The first-order valence-electron chi connectivity index (χ1n) is 5.79. The molecule has 0 bridgehead atoms. The van der Waals surface area contributed by atoms with Crippen LogP contribution in [-0.2, 0) is 6.42 Å². The molecule has 19 heavy (non-hydrogen) atoms. The van der Waals surface area contributed by atoms with Crippen molar-refractivity contribution < 1.29 is 8.78 Å². The summed E-state index contributed by atoms with van der Waals surface area (Å²) >= 11 is 0. The maximum atomic E-state index is 13.5. The molecular formula is C16H11F2N. The minimum Gasteiger partial charge on any atom is -0.216 e. The van der Waals surface area contributed by atoms with E-state index in [1.807, 2.05) is 24.3 Å². The lowest BCUT2D eigenvalue weighted by molar-refractivity contribution is 0.624. The highest BCUT2D eigenvalue weighted by atomic mass is 19.1. The Hall–Kier alpha value is -2.47. The van der Waals surface area contributed by atoms with Crippen LogP contribution < -0.4 is 0 Å². The maximum Gasteiger partial charge on any atom is 0.141 e. The molecule has 0 N–H and O–H groups in total. The van der Waals surface area contributed by atoms with Gasteiger partial charge in [-0.2, -0.15) is 5.26 Å². The first kappa shape index (κ1) is 13.0. The van der Waals surface area contributed by atoms with Gasteiger partial charge in [-0.25, -0.2) is 8.78 Å². The van der Waals surface area contributed by atoms with Crippen LogP contribution in [0.2, 0.25) is 0 Å². The molecule has 0 heterocycles.